The number of pyridine rings is 1. The molecule has 1 aliphatic rings. The summed E-state index contributed by atoms with van der Waals surface area (Å²) in [6.07, 6.45) is 7.10. The number of hydrogen-bond acceptors (Lipinski definition) is 6. The molecule has 3 aromatic heterocycles. The van der Waals surface area contributed by atoms with E-state index >= 15 is 0 Å². The van der Waals surface area contributed by atoms with Gasteiger partial charge in [-0.15, -0.1) is 0 Å². The van der Waals surface area contributed by atoms with E-state index in [-0.39, 0.29) is 0 Å². The highest BCUT2D eigenvalue weighted by Gasteiger charge is 2.20. The standard InChI is InChI=1S/C18H19N5O/c1-22-8-10-23(11-9-22)18-20-13-15(14-4-6-19-7-5-14)17(21-18)16-3-2-12-24-16/h2-7,12-13H,8-11H2,1H3. The number of likely N-dealkylation sites (N-methyl/N-ethyl adjacent to an activating group) is 1. The van der Waals surface area contributed by atoms with Crippen LogP contribution in [-0.2, 0) is 0 Å². The van der Waals surface area contributed by atoms with Gasteiger partial charge >= 0.3 is 0 Å². The minimum atomic E-state index is 0.750. The minimum Gasteiger partial charge on any atom is -0.463 e. The van der Waals surface area contributed by atoms with Gasteiger partial charge in [0, 0.05) is 50.3 Å². The van der Waals surface area contributed by atoms with Crippen LogP contribution >= 0.6 is 0 Å². The lowest BCUT2D eigenvalue weighted by molar-refractivity contribution is 0.311. The first-order chi connectivity index (χ1) is 11.8. The molecule has 0 N–H and O–H groups in total. The number of nitrogens with zero attached hydrogens (tertiary/aromatic N) is 5. The van der Waals surface area contributed by atoms with Crippen LogP contribution in [0.1, 0.15) is 0 Å². The zero-order valence-electron chi connectivity index (χ0n) is 13.6. The SMILES string of the molecule is CN1CCN(c2ncc(-c3ccncc3)c(-c3ccco3)n2)CC1. The van der Waals surface area contributed by atoms with Crippen LogP contribution in [0.2, 0.25) is 0 Å². The maximum Gasteiger partial charge on any atom is 0.226 e. The molecule has 4 heterocycles. The van der Waals surface area contributed by atoms with Gasteiger partial charge in [0.05, 0.1) is 6.26 Å². The molecular formula is C18H19N5O. The summed E-state index contributed by atoms with van der Waals surface area (Å²) in [6.45, 7) is 3.91. The summed E-state index contributed by atoms with van der Waals surface area (Å²) in [5, 5.41) is 0. The minimum absolute atomic E-state index is 0.750. The molecular weight excluding hydrogens is 302 g/mol. The Hall–Kier alpha value is -2.73. The van der Waals surface area contributed by atoms with Gasteiger partial charge in [0.2, 0.25) is 5.95 Å². The van der Waals surface area contributed by atoms with Crippen molar-refractivity contribution < 1.29 is 4.42 Å². The number of furan rings is 1. The summed E-state index contributed by atoms with van der Waals surface area (Å²) in [5.74, 6) is 1.51. The van der Waals surface area contributed by atoms with Crippen LogP contribution in [0.15, 0.2) is 53.5 Å². The van der Waals surface area contributed by atoms with Gasteiger partial charge in [-0.2, -0.15) is 0 Å². The first-order valence-corrected chi connectivity index (χ1v) is 8.06. The zero-order valence-corrected chi connectivity index (χ0v) is 13.6. The molecule has 0 spiro atoms. The number of aromatic nitrogens is 3. The van der Waals surface area contributed by atoms with E-state index < -0.39 is 0 Å². The van der Waals surface area contributed by atoms with Crippen LogP contribution in [0.25, 0.3) is 22.6 Å². The van der Waals surface area contributed by atoms with E-state index in [0.29, 0.717) is 0 Å². The van der Waals surface area contributed by atoms with Gasteiger partial charge in [0.25, 0.3) is 0 Å². The molecule has 3 aromatic rings. The number of anilines is 1. The second-order valence-electron chi connectivity index (χ2n) is 5.94. The van der Waals surface area contributed by atoms with Crippen LogP contribution in [0, 0.1) is 0 Å². The van der Waals surface area contributed by atoms with Crippen LogP contribution in [0.3, 0.4) is 0 Å². The quantitative estimate of drug-likeness (QED) is 0.739. The van der Waals surface area contributed by atoms with Gasteiger partial charge in [0.15, 0.2) is 5.76 Å². The molecule has 0 saturated carbocycles. The molecule has 0 unspecified atom stereocenters. The van der Waals surface area contributed by atoms with Crippen molar-refractivity contribution in [2.45, 2.75) is 0 Å². The van der Waals surface area contributed by atoms with Crippen molar-refractivity contribution in [3.63, 3.8) is 0 Å². The molecule has 0 aromatic carbocycles. The lowest BCUT2D eigenvalue weighted by atomic mass is 10.1. The van der Waals surface area contributed by atoms with Crippen molar-refractivity contribution in [2.75, 3.05) is 38.1 Å². The molecule has 0 atom stereocenters. The Morgan fingerprint density at radius 2 is 1.83 bits per heavy atom. The van der Waals surface area contributed by atoms with Gasteiger partial charge in [-0.1, -0.05) is 0 Å². The Bertz CT molecular complexity index is 796. The Kier molecular flexibility index (Phi) is 3.96. The zero-order chi connectivity index (χ0) is 16.4. The van der Waals surface area contributed by atoms with E-state index in [1.165, 1.54) is 0 Å². The highest BCUT2D eigenvalue weighted by atomic mass is 16.3. The average Bonchev–Trinajstić information content (AvgIpc) is 3.17. The third-order valence-electron chi connectivity index (χ3n) is 4.31. The van der Waals surface area contributed by atoms with Crippen LogP contribution in [0.5, 0.6) is 0 Å². The van der Waals surface area contributed by atoms with Crippen LogP contribution in [-0.4, -0.2) is 53.1 Å². The predicted molar refractivity (Wildman–Crippen MR) is 92.7 cm³/mol. The van der Waals surface area contributed by atoms with Gasteiger partial charge < -0.3 is 14.2 Å². The van der Waals surface area contributed by atoms with E-state index in [1.807, 2.05) is 30.5 Å². The topological polar surface area (TPSA) is 58.3 Å². The molecule has 1 saturated heterocycles. The van der Waals surface area contributed by atoms with Crippen molar-refractivity contribution >= 4 is 5.95 Å². The fraction of sp³-hybridized carbons (Fsp3) is 0.278. The number of hydrogen-bond donors (Lipinski definition) is 0. The molecule has 0 radical (unpaired) electrons. The maximum absolute atomic E-state index is 5.61. The predicted octanol–water partition coefficient (Wildman–Crippen LogP) is 2.55. The molecule has 6 heteroatoms. The summed E-state index contributed by atoms with van der Waals surface area (Å²) in [4.78, 5) is 18.1. The Morgan fingerprint density at radius 1 is 1.04 bits per heavy atom. The summed E-state index contributed by atoms with van der Waals surface area (Å²) < 4.78 is 5.61. The second-order valence-corrected chi connectivity index (χ2v) is 5.94. The van der Waals surface area contributed by atoms with E-state index in [0.717, 1.165) is 54.7 Å². The first-order valence-electron chi connectivity index (χ1n) is 8.06. The van der Waals surface area contributed by atoms with E-state index in [9.17, 15) is 0 Å². The van der Waals surface area contributed by atoms with Crippen molar-refractivity contribution in [3.8, 4) is 22.6 Å². The number of rotatable bonds is 3. The molecule has 0 aliphatic carbocycles. The third kappa shape index (κ3) is 2.88. The summed E-state index contributed by atoms with van der Waals surface area (Å²) in [6, 6.07) is 7.73. The highest BCUT2D eigenvalue weighted by Crippen LogP contribution is 2.31. The molecule has 122 valence electrons. The first kappa shape index (κ1) is 14.8. The van der Waals surface area contributed by atoms with E-state index in [1.54, 1.807) is 18.7 Å². The summed E-state index contributed by atoms with van der Waals surface area (Å²) >= 11 is 0. The largest absolute Gasteiger partial charge is 0.463 e. The molecule has 1 fully saturated rings. The normalized spacial score (nSPS) is 15.6. The van der Waals surface area contributed by atoms with Gasteiger partial charge in [0.1, 0.15) is 5.69 Å². The Morgan fingerprint density at radius 3 is 2.54 bits per heavy atom. The molecule has 24 heavy (non-hydrogen) atoms. The summed E-state index contributed by atoms with van der Waals surface area (Å²) in [7, 11) is 2.14. The van der Waals surface area contributed by atoms with Crippen molar-refractivity contribution in [3.05, 3.63) is 49.1 Å². The Labute approximate surface area is 140 Å². The molecule has 6 nitrogen and oxygen atoms in total. The number of piperazine rings is 1. The van der Waals surface area contributed by atoms with Gasteiger partial charge in [-0.05, 0) is 36.9 Å². The van der Waals surface area contributed by atoms with Crippen molar-refractivity contribution in [1.29, 1.82) is 0 Å². The van der Waals surface area contributed by atoms with Crippen LogP contribution in [0.4, 0.5) is 5.95 Å². The van der Waals surface area contributed by atoms with Crippen LogP contribution < -0.4 is 4.90 Å². The van der Waals surface area contributed by atoms with Gasteiger partial charge in [-0.3, -0.25) is 4.98 Å². The fourth-order valence-electron chi connectivity index (χ4n) is 2.88. The lowest BCUT2D eigenvalue weighted by Gasteiger charge is -2.32. The smallest absolute Gasteiger partial charge is 0.226 e. The molecule has 0 amide bonds. The molecule has 1 aliphatic heterocycles. The van der Waals surface area contributed by atoms with Crippen molar-refractivity contribution in [1.82, 2.24) is 19.9 Å². The second kappa shape index (κ2) is 6.41. The Balaban J connectivity index is 1.76. The van der Waals surface area contributed by atoms with E-state index in [2.05, 4.69) is 26.8 Å². The van der Waals surface area contributed by atoms with Gasteiger partial charge in [-0.25, -0.2) is 9.97 Å². The fourth-order valence-corrected chi connectivity index (χ4v) is 2.88. The lowest BCUT2D eigenvalue weighted by Crippen LogP contribution is -2.45. The summed E-state index contributed by atoms with van der Waals surface area (Å²) in [5.41, 5.74) is 2.79. The monoisotopic (exact) mass is 321 g/mol. The maximum atomic E-state index is 5.61. The van der Waals surface area contributed by atoms with E-state index in [4.69, 9.17) is 9.40 Å². The average molecular weight is 321 g/mol. The van der Waals surface area contributed by atoms with Crippen molar-refractivity contribution in [2.24, 2.45) is 0 Å². The highest BCUT2D eigenvalue weighted by molar-refractivity contribution is 5.78. The third-order valence-corrected chi connectivity index (χ3v) is 4.31. The molecule has 0 bridgehead atoms. The molecule has 4 rings (SSSR count).